The Bertz CT molecular complexity index is 427. The molecule has 18 heavy (non-hydrogen) atoms. The Morgan fingerprint density at radius 1 is 1.39 bits per heavy atom. The molecule has 0 fully saturated rings. The van der Waals surface area contributed by atoms with Gasteiger partial charge in [0.2, 0.25) is 0 Å². The zero-order chi connectivity index (χ0) is 13.8. The first kappa shape index (κ1) is 15.1. The molecule has 0 aromatic heterocycles. The van der Waals surface area contributed by atoms with E-state index in [4.69, 9.17) is 4.84 Å². The van der Waals surface area contributed by atoms with Crippen LogP contribution < -0.4 is 5.48 Å². The van der Waals surface area contributed by atoms with Crippen molar-refractivity contribution in [2.24, 2.45) is 0 Å². The van der Waals surface area contributed by atoms with Crippen LogP contribution in [0, 0.1) is 0 Å². The van der Waals surface area contributed by atoms with Gasteiger partial charge in [-0.2, -0.15) is 5.48 Å². The highest BCUT2D eigenvalue weighted by Crippen LogP contribution is 2.19. The lowest BCUT2D eigenvalue weighted by atomic mass is 10.1. The molecule has 0 unspecified atom stereocenters. The van der Waals surface area contributed by atoms with Gasteiger partial charge >= 0.3 is 5.97 Å². The topological polar surface area (TPSA) is 47.6 Å². The maximum absolute atomic E-state index is 11.3. The third kappa shape index (κ3) is 4.76. The quantitative estimate of drug-likeness (QED) is 0.685. The molecule has 0 aliphatic carbocycles. The summed E-state index contributed by atoms with van der Waals surface area (Å²) in [5.41, 5.74) is 4.19. The molecule has 0 bridgehead atoms. The van der Waals surface area contributed by atoms with Crippen molar-refractivity contribution in [1.29, 1.82) is 0 Å². The second-order valence-corrected chi connectivity index (χ2v) is 5.69. The number of rotatable bonds is 4. The lowest BCUT2D eigenvalue weighted by Gasteiger charge is -2.19. The van der Waals surface area contributed by atoms with Gasteiger partial charge in [-0.05, 0) is 38.5 Å². The molecular formula is C13H18BrNO3. The summed E-state index contributed by atoms with van der Waals surface area (Å²) in [4.78, 5) is 16.8. The molecule has 0 radical (unpaired) electrons. The molecule has 0 heterocycles. The van der Waals surface area contributed by atoms with Crippen molar-refractivity contribution in [3.8, 4) is 0 Å². The summed E-state index contributed by atoms with van der Waals surface area (Å²) in [6.07, 6.45) is 0. The van der Waals surface area contributed by atoms with Crippen molar-refractivity contribution in [2.75, 3.05) is 7.11 Å². The van der Waals surface area contributed by atoms with Crippen molar-refractivity contribution >= 4 is 21.9 Å². The minimum absolute atomic E-state index is 0.238. The van der Waals surface area contributed by atoms with Crippen LogP contribution in [0.2, 0.25) is 0 Å². The minimum Gasteiger partial charge on any atom is -0.465 e. The molecule has 5 heteroatoms. The maximum Gasteiger partial charge on any atom is 0.337 e. The van der Waals surface area contributed by atoms with Crippen LogP contribution in [0.1, 0.15) is 36.7 Å². The van der Waals surface area contributed by atoms with Gasteiger partial charge in [0.15, 0.2) is 0 Å². The molecule has 1 aromatic carbocycles. The van der Waals surface area contributed by atoms with Crippen molar-refractivity contribution < 1.29 is 14.4 Å². The molecule has 0 aliphatic rings. The van der Waals surface area contributed by atoms with Gasteiger partial charge in [0, 0.05) is 11.0 Å². The van der Waals surface area contributed by atoms with E-state index in [1.54, 1.807) is 12.1 Å². The van der Waals surface area contributed by atoms with Crippen LogP contribution in [-0.2, 0) is 16.1 Å². The number of hydroxylamine groups is 1. The van der Waals surface area contributed by atoms with E-state index < -0.39 is 0 Å². The number of carbonyl (C=O) groups is 1. The maximum atomic E-state index is 11.3. The van der Waals surface area contributed by atoms with E-state index in [9.17, 15) is 4.79 Å². The summed E-state index contributed by atoms with van der Waals surface area (Å²) in [5, 5.41) is 0. The Kier molecular flexibility index (Phi) is 5.31. The Hall–Kier alpha value is -0.910. The molecule has 1 N–H and O–H groups in total. The average Bonchev–Trinajstić information content (AvgIpc) is 2.28. The molecule has 100 valence electrons. The van der Waals surface area contributed by atoms with E-state index in [2.05, 4.69) is 26.1 Å². The van der Waals surface area contributed by atoms with E-state index in [0.717, 1.165) is 10.0 Å². The van der Waals surface area contributed by atoms with Gasteiger partial charge in [-0.1, -0.05) is 22.0 Å². The second-order valence-electron chi connectivity index (χ2n) is 4.83. The predicted molar refractivity (Wildman–Crippen MR) is 73.2 cm³/mol. The smallest absolute Gasteiger partial charge is 0.337 e. The summed E-state index contributed by atoms with van der Waals surface area (Å²) in [6.45, 7) is 6.46. The van der Waals surface area contributed by atoms with E-state index in [-0.39, 0.29) is 11.6 Å². The summed E-state index contributed by atoms with van der Waals surface area (Å²) in [6, 6.07) is 5.32. The fourth-order valence-corrected chi connectivity index (χ4v) is 1.78. The molecule has 0 atom stereocenters. The third-order valence-electron chi connectivity index (χ3n) is 2.12. The first-order valence-electron chi connectivity index (χ1n) is 5.61. The SMILES string of the molecule is COC(=O)c1ccc(CNOC(C)(C)C)c(Br)c1. The molecule has 4 nitrogen and oxygen atoms in total. The normalized spacial score (nSPS) is 11.4. The number of benzene rings is 1. The number of nitrogens with one attached hydrogen (secondary N) is 1. The minimum atomic E-state index is -0.346. The Balaban J connectivity index is 2.66. The van der Waals surface area contributed by atoms with Gasteiger partial charge in [0.1, 0.15) is 0 Å². The van der Waals surface area contributed by atoms with E-state index >= 15 is 0 Å². The highest BCUT2D eigenvalue weighted by atomic mass is 79.9. The fraction of sp³-hybridized carbons (Fsp3) is 0.462. The molecule has 0 aliphatic heterocycles. The average molecular weight is 316 g/mol. The van der Waals surface area contributed by atoms with Gasteiger partial charge in [-0.25, -0.2) is 4.79 Å². The van der Waals surface area contributed by atoms with Crippen LogP contribution in [0.4, 0.5) is 0 Å². The highest BCUT2D eigenvalue weighted by Gasteiger charge is 2.11. The number of methoxy groups -OCH3 is 1. The van der Waals surface area contributed by atoms with Crippen LogP contribution in [0.15, 0.2) is 22.7 Å². The Labute approximate surface area is 116 Å². The lowest BCUT2D eigenvalue weighted by Crippen LogP contribution is -2.28. The van der Waals surface area contributed by atoms with Crippen LogP contribution in [0.5, 0.6) is 0 Å². The van der Waals surface area contributed by atoms with Crippen LogP contribution >= 0.6 is 15.9 Å². The first-order valence-corrected chi connectivity index (χ1v) is 6.40. The van der Waals surface area contributed by atoms with Crippen molar-refractivity contribution in [3.63, 3.8) is 0 Å². The predicted octanol–water partition coefficient (Wildman–Crippen LogP) is 3.06. The molecule has 1 aromatic rings. The van der Waals surface area contributed by atoms with Gasteiger partial charge in [-0.15, -0.1) is 0 Å². The highest BCUT2D eigenvalue weighted by molar-refractivity contribution is 9.10. The summed E-state index contributed by atoms with van der Waals surface area (Å²) >= 11 is 3.42. The van der Waals surface area contributed by atoms with Gasteiger partial charge in [0.05, 0.1) is 18.3 Å². The second kappa shape index (κ2) is 6.31. The number of halogens is 1. The number of esters is 1. The number of carbonyl (C=O) groups excluding carboxylic acids is 1. The zero-order valence-corrected chi connectivity index (χ0v) is 12.6. The van der Waals surface area contributed by atoms with Gasteiger partial charge < -0.3 is 4.74 Å². The van der Waals surface area contributed by atoms with E-state index in [1.165, 1.54) is 7.11 Å². The number of hydrogen-bond donors (Lipinski definition) is 1. The van der Waals surface area contributed by atoms with Crippen LogP contribution in [0.25, 0.3) is 0 Å². The van der Waals surface area contributed by atoms with Crippen molar-refractivity contribution in [3.05, 3.63) is 33.8 Å². The molecule has 0 saturated heterocycles. The van der Waals surface area contributed by atoms with Crippen molar-refractivity contribution in [1.82, 2.24) is 5.48 Å². The van der Waals surface area contributed by atoms with Crippen LogP contribution in [-0.4, -0.2) is 18.7 Å². The van der Waals surface area contributed by atoms with E-state index in [0.29, 0.717) is 12.1 Å². The largest absolute Gasteiger partial charge is 0.465 e. The summed E-state index contributed by atoms with van der Waals surface area (Å²) in [7, 11) is 1.36. The summed E-state index contributed by atoms with van der Waals surface area (Å²) in [5.74, 6) is -0.346. The van der Waals surface area contributed by atoms with Gasteiger partial charge in [-0.3, -0.25) is 4.84 Å². The molecule has 0 spiro atoms. The van der Waals surface area contributed by atoms with E-state index in [1.807, 2.05) is 26.8 Å². The Morgan fingerprint density at radius 3 is 2.56 bits per heavy atom. The number of hydrogen-bond acceptors (Lipinski definition) is 4. The van der Waals surface area contributed by atoms with Gasteiger partial charge in [0.25, 0.3) is 0 Å². The standard InChI is InChI=1S/C13H18BrNO3/c1-13(2,3)18-15-8-10-6-5-9(7-11(10)14)12(16)17-4/h5-7,15H,8H2,1-4H3. The monoisotopic (exact) mass is 315 g/mol. The molecule has 1 rings (SSSR count). The number of ether oxygens (including phenoxy) is 1. The zero-order valence-electron chi connectivity index (χ0n) is 11.0. The van der Waals surface area contributed by atoms with Crippen LogP contribution in [0.3, 0.4) is 0 Å². The summed E-state index contributed by atoms with van der Waals surface area (Å²) < 4.78 is 5.50. The third-order valence-corrected chi connectivity index (χ3v) is 2.85. The molecule has 0 amide bonds. The van der Waals surface area contributed by atoms with Crippen molar-refractivity contribution in [2.45, 2.75) is 32.9 Å². The molecule has 0 saturated carbocycles. The fourth-order valence-electron chi connectivity index (χ4n) is 1.27. The lowest BCUT2D eigenvalue weighted by molar-refractivity contribution is -0.0758. The Morgan fingerprint density at radius 2 is 2.06 bits per heavy atom. The molecular weight excluding hydrogens is 298 g/mol. The first-order chi connectivity index (χ1) is 8.33.